The zero-order valence-corrected chi connectivity index (χ0v) is 10.4. The molecule has 88 valence electrons. The van der Waals surface area contributed by atoms with Crippen molar-refractivity contribution >= 4 is 11.8 Å². The Hall–Kier alpha value is -0.510. The van der Waals surface area contributed by atoms with Gasteiger partial charge in [0.25, 0.3) is 0 Å². The maximum atomic E-state index is 4.74. The number of hydrogen-bond donors (Lipinski definition) is 1. The lowest BCUT2D eigenvalue weighted by Crippen LogP contribution is -2.06. The molecule has 0 aromatic carbocycles. The van der Waals surface area contributed by atoms with E-state index in [9.17, 15) is 0 Å². The quantitative estimate of drug-likeness (QED) is 0.859. The van der Waals surface area contributed by atoms with E-state index in [2.05, 4.69) is 10.2 Å². The molecule has 1 saturated heterocycles. The highest BCUT2D eigenvalue weighted by atomic mass is 32.2. The van der Waals surface area contributed by atoms with Gasteiger partial charge in [-0.25, -0.2) is 4.98 Å². The standard InChI is InChI=1S/C12H19N3S/c1-2-4-9(5-3-1)11-13-12(15-14-11)10-6-7-16-8-10/h9-10H,1-8H2,(H,13,14,15). The minimum atomic E-state index is 0.610. The van der Waals surface area contributed by atoms with Crippen molar-refractivity contribution in [3.8, 4) is 0 Å². The summed E-state index contributed by atoms with van der Waals surface area (Å²) in [5.74, 6) is 5.99. The lowest BCUT2D eigenvalue weighted by Gasteiger charge is -2.18. The molecule has 1 N–H and O–H groups in total. The van der Waals surface area contributed by atoms with Crippen LogP contribution in [0.5, 0.6) is 0 Å². The van der Waals surface area contributed by atoms with Gasteiger partial charge in [0.05, 0.1) is 0 Å². The molecule has 2 aliphatic rings. The van der Waals surface area contributed by atoms with E-state index in [1.807, 2.05) is 11.8 Å². The van der Waals surface area contributed by atoms with Gasteiger partial charge in [-0.3, -0.25) is 5.10 Å². The Bertz CT molecular complexity index is 338. The topological polar surface area (TPSA) is 41.6 Å². The minimum Gasteiger partial charge on any atom is -0.263 e. The van der Waals surface area contributed by atoms with Gasteiger partial charge in [-0.05, 0) is 25.0 Å². The molecular weight excluding hydrogens is 218 g/mol. The summed E-state index contributed by atoms with van der Waals surface area (Å²) in [6, 6.07) is 0. The fraction of sp³-hybridized carbons (Fsp3) is 0.833. The third-order valence-corrected chi connectivity index (χ3v) is 4.97. The second kappa shape index (κ2) is 4.78. The van der Waals surface area contributed by atoms with E-state index in [1.54, 1.807) is 0 Å². The lowest BCUT2D eigenvalue weighted by atomic mass is 9.89. The third kappa shape index (κ3) is 2.12. The normalized spacial score (nSPS) is 27.4. The molecule has 1 aromatic rings. The number of H-pyrrole nitrogens is 1. The number of aromatic nitrogens is 3. The summed E-state index contributed by atoms with van der Waals surface area (Å²) in [6.45, 7) is 0. The molecule has 0 amide bonds. The smallest absolute Gasteiger partial charge is 0.154 e. The van der Waals surface area contributed by atoms with Gasteiger partial charge in [-0.15, -0.1) is 0 Å². The highest BCUT2D eigenvalue weighted by Crippen LogP contribution is 2.33. The van der Waals surface area contributed by atoms with E-state index in [0.717, 1.165) is 11.6 Å². The van der Waals surface area contributed by atoms with Crippen LogP contribution < -0.4 is 0 Å². The summed E-state index contributed by atoms with van der Waals surface area (Å²) < 4.78 is 0. The molecule has 2 fully saturated rings. The first-order chi connectivity index (χ1) is 7.93. The van der Waals surface area contributed by atoms with E-state index in [0.29, 0.717) is 11.8 Å². The lowest BCUT2D eigenvalue weighted by molar-refractivity contribution is 0.429. The molecule has 1 aliphatic heterocycles. The molecular formula is C12H19N3S. The van der Waals surface area contributed by atoms with Crippen LogP contribution in [0.25, 0.3) is 0 Å². The molecule has 1 aromatic heterocycles. The fourth-order valence-corrected chi connectivity index (χ4v) is 3.99. The fourth-order valence-electron chi connectivity index (χ4n) is 2.77. The van der Waals surface area contributed by atoms with Crippen LogP contribution in [0.1, 0.15) is 62.0 Å². The maximum Gasteiger partial charge on any atom is 0.154 e. The van der Waals surface area contributed by atoms with Crippen molar-refractivity contribution in [3.05, 3.63) is 11.6 Å². The van der Waals surface area contributed by atoms with Gasteiger partial charge >= 0.3 is 0 Å². The zero-order valence-electron chi connectivity index (χ0n) is 9.61. The van der Waals surface area contributed by atoms with Crippen LogP contribution >= 0.6 is 11.8 Å². The summed E-state index contributed by atoms with van der Waals surface area (Å²) in [5, 5.41) is 7.61. The number of hydrogen-bond acceptors (Lipinski definition) is 3. The van der Waals surface area contributed by atoms with Crippen molar-refractivity contribution in [1.29, 1.82) is 0 Å². The second-order valence-corrected chi connectivity index (χ2v) is 6.12. The minimum absolute atomic E-state index is 0.610. The number of rotatable bonds is 2. The van der Waals surface area contributed by atoms with Crippen LogP contribution in [-0.2, 0) is 0 Å². The Morgan fingerprint density at radius 1 is 1.06 bits per heavy atom. The monoisotopic (exact) mass is 237 g/mol. The number of nitrogens with one attached hydrogen (secondary N) is 1. The largest absolute Gasteiger partial charge is 0.263 e. The molecule has 0 bridgehead atoms. The van der Waals surface area contributed by atoms with Gasteiger partial charge in [0.15, 0.2) is 5.82 Å². The van der Waals surface area contributed by atoms with Crippen LogP contribution in [0.15, 0.2) is 0 Å². The average Bonchev–Trinajstić information content (AvgIpc) is 3.01. The molecule has 3 rings (SSSR count). The van der Waals surface area contributed by atoms with Gasteiger partial charge in [-0.2, -0.15) is 16.9 Å². The summed E-state index contributed by atoms with van der Waals surface area (Å²) in [6.07, 6.45) is 7.98. The Morgan fingerprint density at radius 3 is 2.69 bits per heavy atom. The van der Waals surface area contributed by atoms with Crippen LogP contribution in [0.3, 0.4) is 0 Å². The van der Waals surface area contributed by atoms with Gasteiger partial charge in [0, 0.05) is 17.6 Å². The summed E-state index contributed by atoms with van der Waals surface area (Å²) in [5.41, 5.74) is 0. The SMILES string of the molecule is C1CCC(c2nc(C3CCSC3)n[nH]2)CC1. The highest BCUT2D eigenvalue weighted by molar-refractivity contribution is 7.99. The predicted octanol–water partition coefficient (Wildman–Crippen LogP) is 3.07. The van der Waals surface area contributed by atoms with Crippen LogP contribution in [-0.4, -0.2) is 26.7 Å². The Labute approximate surface area is 101 Å². The zero-order chi connectivity index (χ0) is 10.8. The predicted molar refractivity (Wildman–Crippen MR) is 66.9 cm³/mol. The molecule has 2 heterocycles. The summed E-state index contributed by atoms with van der Waals surface area (Å²) >= 11 is 2.03. The van der Waals surface area contributed by atoms with Crippen LogP contribution in [0, 0.1) is 0 Å². The third-order valence-electron chi connectivity index (χ3n) is 3.81. The molecule has 1 aliphatic carbocycles. The van der Waals surface area contributed by atoms with E-state index >= 15 is 0 Å². The molecule has 1 unspecified atom stereocenters. The van der Waals surface area contributed by atoms with Crippen LogP contribution in [0.4, 0.5) is 0 Å². The molecule has 0 spiro atoms. The average molecular weight is 237 g/mol. The van der Waals surface area contributed by atoms with Crippen molar-refractivity contribution in [1.82, 2.24) is 15.2 Å². The van der Waals surface area contributed by atoms with Crippen molar-refractivity contribution in [2.45, 2.75) is 50.4 Å². The maximum absolute atomic E-state index is 4.74. The summed E-state index contributed by atoms with van der Waals surface area (Å²) in [7, 11) is 0. The van der Waals surface area contributed by atoms with Crippen molar-refractivity contribution in [2.24, 2.45) is 0 Å². The van der Waals surface area contributed by atoms with Gasteiger partial charge < -0.3 is 0 Å². The second-order valence-electron chi connectivity index (χ2n) is 4.97. The molecule has 4 heteroatoms. The Kier molecular flexibility index (Phi) is 3.18. The van der Waals surface area contributed by atoms with E-state index in [-0.39, 0.29) is 0 Å². The molecule has 0 radical (unpaired) electrons. The van der Waals surface area contributed by atoms with Gasteiger partial charge in [-0.1, -0.05) is 19.3 Å². The number of aromatic amines is 1. The first-order valence-corrected chi connectivity index (χ1v) is 7.59. The van der Waals surface area contributed by atoms with Gasteiger partial charge in [0.2, 0.25) is 0 Å². The summed E-state index contributed by atoms with van der Waals surface area (Å²) in [4.78, 5) is 4.74. The Morgan fingerprint density at radius 2 is 1.94 bits per heavy atom. The first-order valence-electron chi connectivity index (χ1n) is 6.43. The van der Waals surface area contributed by atoms with Crippen LogP contribution in [0.2, 0.25) is 0 Å². The van der Waals surface area contributed by atoms with E-state index in [1.165, 1.54) is 50.0 Å². The van der Waals surface area contributed by atoms with E-state index < -0.39 is 0 Å². The van der Waals surface area contributed by atoms with Gasteiger partial charge in [0.1, 0.15) is 5.82 Å². The van der Waals surface area contributed by atoms with Crippen molar-refractivity contribution in [2.75, 3.05) is 11.5 Å². The molecule has 16 heavy (non-hydrogen) atoms. The van der Waals surface area contributed by atoms with Crippen molar-refractivity contribution < 1.29 is 0 Å². The van der Waals surface area contributed by atoms with Crippen molar-refractivity contribution in [3.63, 3.8) is 0 Å². The number of nitrogens with zero attached hydrogens (tertiary/aromatic N) is 2. The van der Waals surface area contributed by atoms with E-state index in [4.69, 9.17) is 4.98 Å². The highest BCUT2D eigenvalue weighted by Gasteiger charge is 2.24. The first kappa shape index (κ1) is 10.6. The number of thioether (sulfide) groups is 1. The molecule has 3 nitrogen and oxygen atoms in total. The molecule has 1 atom stereocenters. The molecule has 1 saturated carbocycles. The Balaban J connectivity index is 1.71.